The molecule has 1 N–H and O–H groups in total. The summed E-state index contributed by atoms with van der Waals surface area (Å²) < 4.78 is 38.2. The molecule has 1 heterocycles. The molecule has 3 rings (SSSR count). The zero-order valence-corrected chi connectivity index (χ0v) is 18.2. The van der Waals surface area contributed by atoms with Crippen LogP contribution in [0.1, 0.15) is 43.6 Å². The van der Waals surface area contributed by atoms with E-state index in [0.717, 1.165) is 11.3 Å². The number of nitrogens with one attached hydrogen (secondary N) is 1. The molecule has 160 valence electrons. The molecular formula is C22H27BFNO5. The molecule has 1 aliphatic rings. The highest BCUT2D eigenvalue weighted by molar-refractivity contribution is 6.62. The highest BCUT2D eigenvalue weighted by atomic mass is 19.1. The van der Waals surface area contributed by atoms with Crippen LogP contribution in [0.2, 0.25) is 0 Å². The van der Waals surface area contributed by atoms with E-state index >= 15 is 4.39 Å². The number of amides is 1. The first-order chi connectivity index (χ1) is 14.1. The van der Waals surface area contributed by atoms with Crippen molar-refractivity contribution in [3.05, 3.63) is 53.3 Å². The molecule has 0 spiro atoms. The minimum atomic E-state index is -0.956. The summed E-state index contributed by atoms with van der Waals surface area (Å²) in [5.74, 6) is -0.303. The second-order valence-electron chi connectivity index (χ2n) is 8.18. The largest absolute Gasteiger partial charge is 0.498 e. The quantitative estimate of drug-likeness (QED) is 0.735. The average molecular weight is 415 g/mol. The summed E-state index contributed by atoms with van der Waals surface area (Å²) >= 11 is 0. The number of rotatable bonds is 6. The highest BCUT2D eigenvalue weighted by Crippen LogP contribution is 2.37. The van der Waals surface area contributed by atoms with E-state index in [1.54, 1.807) is 19.2 Å². The lowest BCUT2D eigenvalue weighted by Gasteiger charge is -2.32. The Morgan fingerprint density at radius 1 is 1.10 bits per heavy atom. The van der Waals surface area contributed by atoms with E-state index in [0.29, 0.717) is 0 Å². The third kappa shape index (κ3) is 4.30. The number of methoxy groups -OCH3 is 1. The fourth-order valence-corrected chi connectivity index (χ4v) is 3.02. The Balaban J connectivity index is 1.92. The van der Waals surface area contributed by atoms with Crippen LogP contribution in [0.3, 0.4) is 0 Å². The van der Waals surface area contributed by atoms with Crippen LogP contribution in [0, 0.1) is 5.82 Å². The molecule has 1 amide bonds. The molecular weight excluding hydrogens is 388 g/mol. The number of hydrogen-bond donors (Lipinski definition) is 1. The monoisotopic (exact) mass is 415 g/mol. The van der Waals surface area contributed by atoms with Gasteiger partial charge in [0.2, 0.25) is 0 Å². The summed E-state index contributed by atoms with van der Waals surface area (Å²) in [6.07, 6.45) is 0. The molecule has 2 aromatic carbocycles. The average Bonchev–Trinajstić information content (AvgIpc) is 2.93. The molecule has 0 radical (unpaired) electrons. The van der Waals surface area contributed by atoms with Gasteiger partial charge in [0, 0.05) is 18.1 Å². The summed E-state index contributed by atoms with van der Waals surface area (Å²) in [6.45, 7) is 7.66. The second kappa shape index (κ2) is 8.28. The van der Waals surface area contributed by atoms with Gasteiger partial charge >= 0.3 is 7.12 Å². The minimum absolute atomic E-state index is 0.0448. The second-order valence-corrected chi connectivity index (χ2v) is 8.18. The number of carbonyl (C=O) groups is 1. The van der Waals surface area contributed by atoms with Crippen molar-refractivity contribution in [2.24, 2.45) is 0 Å². The van der Waals surface area contributed by atoms with Gasteiger partial charge in [-0.25, -0.2) is 4.39 Å². The van der Waals surface area contributed by atoms with Crippen LogP contribution in [0.25, 0.3) is 0 Å². The van der Waals surface area contributed by atoms with Crippen LogP contribution in [0.5, 0.6) is 11.5 Å². The van der Waals surface area contributed by atoms with E-state index in [4.69, 9.17) is 18.8 Å². The van der Waals surface area contributed by atoms with Crippen molar-refractivity contribution in [2.75, 3.05) is 14.2 Å². The normalized spacial score (nSPS) is 17.0. The van der Waals surface area contributed by atoms with E-state index in [2.05, 4.69) is 5.32 Å². The van der Waals surface area contributed by atoms with Crippen LogP contribution in [-0.4, -0.2) is 38.4 Å². The van der Waals surface area contributed by atoms with Crippen molar-refractivity contribution < 1.29 is 28.0 Å². The van der Waals surface area contributed by atoms with Gasteiger partial charge in [0.15, 0.2) is 11.6 Å². The van der Waals surface area contributed by atoms with Gasteiger partial charge in [0.25, 0.3) is 5.91 Å². The number of carbonyl (C=O) groups excluding carboxylic acids is 1. The molecule has 1 aliphatic heterocycles. The van der Waals surface area contributed by atoms with Gasteiger partial charge < -0.3 is 24.1 Å². The molecule has 0 bridgehead atoms. The summed E-state index contributed by atoms with van der Waals surface area (Å²) in [5, 5.41) is 2.55. The molecule has 1 fully saturated rings. The van der Waals surface area contributed by atoms with Crippen molar-refractivity contribution in [3.8, 4) is 11.5 Å². The molecule has 6 nitrogen and oxygen atoms in total. The molecule has 0 aromatic heterocycles. The van der Waals surface area contributed by atoms with Crippen LogP contribution in [-0.2, 0) is 15.9 Å². The molecule has 30 heavy (non-hydrogen) atoms. The van der Waals surface area contributed by atoms with Crippen LogP contribution < -0.4 is 20.3 Å². The maximum Gasteiger partial charge on any atom is 0.498 e. The maximum absolute atomic E-state index is 15.4. The Morgan fingerprint density at radius 2 is 1.70 bits per heavy atom. The Bertz CT molecular complexity index is 914. The zero-order chi connectivity index (χ0) is 22.1. The van der Waals surface area contributed by atoms with Crippen LogP contribution >= 0.6 is 0 Å². The molecule has 0 atom stereocenters. The number of halogens is 1. The van der Waals surface area contributed by atoms with Gasteiger partial charge in [-0.1, -0.05) is 12.1 Å². The van der Waals surface area contributed by atoms with Crippen molar-refractivity contribution >= 4 is 18.5 Å². The van der Waals surface area contributed by atoms with Gasteiger partial charge in [0.05, 0.1) is 18.3 Å². The lowest BCUT2D eigenvalue weighted by Crippen LogP contribution is -2.41. The molecule has 2 aromatic rings. The predicted molar refractivity (Wildman–Crippen MR) is 113 cm³/mol. The molecule has 1 saturated heterocycles. The van der Waals surface area contributed by atoms with Gasteiger partial charge in [-0.05, 0) is 57.5 Å². The third-order valence-electron chi connectivity index (χ3n) is 5.62. The van der Waals surface area contributed by atoms with E-state index in [9.17, 15) is 4.79 Å². The Labute approximate surface area is 176 Å². The SMILES string of the molecule is CNC(=O)c1cc(OCc2ccc(OC)cc2)c(F)c(B2OC(C)(C)C(C)(C)O2)c1. The van der Waals surface area contributed by atoms with Gasteiger partial charge in [-0.15, -0.1) is 0 Å². The first kappa shape index (κ1) is 22.1. The zero-order valence-electron chi connectivity index (χ0n) is 18.2. The van der Waals surface area contributed by atoms with E-state index in [-0.39, 0.29) is 29.3 Å². The Kier molecular flexibility index (Phi) is 6.10. The lowest BCUT2D eigenvalue weighted by atomic mass is 9.77. The summed E-state index contributed by atoms with van der Waals surface area (Å²) in [6, 6.07) is 10.1. The standard InChI is InChI=1S/C22H27BFNO5/c1-21(2)22(3,4)30-23(29-21)17-11-15(20(26)25-5)12-18(19(17)24)28-13-14-7-9-16(27-6)10-8-14/h7-12H,13H2,1-6H3,(H,25,26). The minimum Gasteiger partial charge on any atom is -0.497 e. The topological polar surface area (TPSA) is 66.0 Å². The molecule has 0 aliphatic carbocycles. The smallest absolute Gasteiger partial charge is 0.497 e. The lowest BCUT2D eigenvalue weighted by molar-refractivity contribution is 0.00578. The van der Waals surface area contributed by atoms with Crippen molar-refractivity contribution in [3.63, 3.8) is 0 Å². The summed E-state index contributed by atoms with van der Waals surface area (Å²) in [7, 11) is 2.14. The number of benzene rings is 2. The van der Waals surface area contributed by atoms with E-state index < -0.39 is 24.1 Å². The predicted octanol–water partition coefficient (Wildman–Crippen LogP) is 3.07. The third-order valence-corrected chi connectivity index (χ3v) is 5.62. The van der Waals surface area contributed by atoms with Crippen LogP contribution in [0.15, 0.2) is 36.4 Å². The Morgan fingerprint density at radius 3 is 2.23 bits per heavy atom. The van der Waals surface area contributed by atoms with Crippen molar-refractivity contribution in [1.82, 2.24) is 5.32 Å². The summed E-state index contributed by atoms with van der Waals surface area (Å²) in [4.78, 5) is 12.3. The Hall–Kier alpha value is -2.58. The van der Waals surface area contributed by atoms with Crippen LogP contribution in [0.4, 0.5) is 4.39 Å². The number of ether oxygens (including phenoxy) is 2. The fourth-order valence-electron chi connectivity index (χ4n) is 3.02. The van der Waals surface area contributed by atoms with Crippen molar-refractivity contribution in [1.29, 1.82) is 0 Å². The van der Waals surface area contributed by atoms with E-state index in [1.165, 1.54) is 19.2 Å². The van der Waals surface area contributed by atoms with Gasteiger partial charge in [-0.2, -0.15) is 0 Å². The molecule has 0 unspecified atom stereocenters. The van der Waals surface area contributed by atoms with Crippen molar-refractivity contribution in [2.45, 2.75) is 45.5 Å². The maximum atomic E-state index is 15.4. The molecule has 8 heteroatoms. The first-order valence-electron chi connectivity index (χ1n) is 9.75. The fraction of sp³-hybridized carbons (Fsp3) is 0.409. The number of hydrogen-bond acceptors (Lipinski definition) is 5. The first-order valence-corrected chi connectivity index (χ1v) is 9.75. The summed E-state index contributed by atoms with van der Waals surface area (Å²) in [5.41, 5.74) is -0.0698. The van der Waals surface area contributed by atoms with E-state index in [1.807, 2.05) is 39.8 Å². The molecule has 0 saturated carbocycles. The highest BCUT2D eigenvalue weighted by Gasteiger charge is 2.52. The van der Waals surface area contributed by atoms with Gasteiger partial charge in [0.1, 0.15) is 12.4 Å². The van der Waals surface area contributed by atoms with Gasteiger partial charge in [-0.3, -0.25) is 4.79 Å².